The van der Waals surface area contributed by atoms with Crippen LogP contribution in [-0.4, -0.2) is 43.5 Å². The molecular formula is C13H15F3N2O. The molecule has 2 bridgehead atoms. The number of hydrogen-bond donors (Lipinski definition) is 0. The summed E-state index contributed by atoms with van der Waals surface area (Å²) in [6, 6.07) is 7.12. The summed E-state index contributed by atoms with van der Waals surface area (Å²) < 4.78 is 40.1. The Morgan fingerprint density at radius 3 is 2.21 bits per heavy atom. The highest BCUT2D eigenvalue weighted by molar-refractivity contribution is 5.54. The van der Waals surface area contributed by atoms with Crippen LogP contribution >= 0.6 is 0 Å². The average molecular weight is 272 g/mol. The standard InChI is InChI=1S/C13H15F3N2O/c1-17-7-10-6-11(8-17)18(10)9-2-4-12(5-3-9)19-13(14,15)16/h2-5,10-11H,6-8H2,1H3. The maximum atomic E-state index is 12.1. The summed E-state index contributed by atoms with van der Waals surface area (Å²) in [5.41, 5.74) is 0.976. The van der Waals surface area contributed by atoms with E-state index in [-0.39, 0.29) is 5.75 Å². The van der Waals surface area contributed by atoms with E-state index >= 15 is 0 Å². The molecule has 3 heterocycles. The Morgan fingerprint density at radius 1 is 1.11 bits per heavy atom. The van der Waals surface area contributed by atoms with Gasteiger partial charge in [-0.1, -0.05) is 0 Å². The van der Waals surface area contributed by atoms with E-state index in [0.717, 1.165) is 18.8 Å². The number of likely N-dealkylation sites (N-methyl/N-ethyl adjacent to an activating group) is 1. The number of halogens is 3. The molecule has 4 rings (SSSR count). The number of benzene rings is 1. The summed E-state index contributed by atoms with van der Waals surface area (Å²) in [6.07, 6.45) is -3.46. The van der Waals surface area contributed by atoms with Gasteiger partial charge >= 0.3 is 6.36 Å². The third-order valence-corrected chi connectivity index (χ3v) is 3.74. The molecular weight excluding hydrogens is 257 g/mol. The minimum atomic E-state index is -4.63. The molecule has 0 radical (unpaired) electrons. The van der Waals surface area contributed by atoms with Crippen molar-refractivity contribution in [2.45, 2.75) is 24.9 Å². The monoisotopic (exact) mass is 272 g/mol. The van der Waals surface area contributed by atoms with Crippen molar-refractivity contribution in [3.63, 3.8) is 0 Å². The quantitative estimate of drug-likeness (QED) is 0.822. The highest BCUT2D eigenvalue weighted by Crippen LogP contribution is 2.37. The van der Waals surface area contributed by atoms with Crippen LogP contribution in [0, 0.1) is 0 Å². The molecule has 3 nitrogen and oxygen atoms in total. The van der Waals surface area contributed by atoms with Gasteiger partial charge in [-0.15, -0.1) is 13.2 Å². The van der Waals surface area contributed by atoms with Crippen LogP contribution in [0.1, 0.15) is 6.42 Å². The summed E-state index contributed by atoms with van der Waals surface area (Å²) >= 11 is 0. The number of rotatable bonds is 2. The van der Waals surface area contributed by atoms with Crippen molar-refractivity contribution in [3.8, 4) is 5.75 Å². The summed E-state index contributed by atoms with van der Waals surface area (Å²) in [5, 5.41) is 0. The molecule has 0 amide bonds. The number of piperidine rings is 1. The van der Waals surface area contributed by atoms with E-state index in [4.69, 9.17) is 0 Å². The number of hydrogen-bond acceptors (Lipinski definition) is 3. The van der Waals surface area contributed by atoms with Gasteiger partial charge in [-0.05, 0) is 37.7 Å². The maximum absolute atomic E-state index is 12.1. The summed E-state index contributed by atoms with van der Waals surface area (Å²) in [6.45, 7) is 2.02. The van der Waals surface area contributed by atoms with Gasteiger partial charge in [0.2, 0.25) is 0 Å². The van der Waals surface area contributed by atoms with E-state index in [0.29, 0.717) is 12.1 Å². The average Bonchev–Trinajstić information content (AvgIpc) is 2.29. The third-order valence-electron chi connectivity index (χ3n) is 3.74. The van der Waals surface area contributed by atoms with Gasteiger partial charge in [0.25, 0.3) is 0 Å². The van der Waals surface area contributed by atoms with Crippen molar-refractivity contribution in [3.05, 3.63) is 24.3 Å². The van der Waals surface area contributed by atoms with Gasteiger partial charge in [0.1, 0.15) is 5.75 Å². The zero-order valence-electron chi connectivity index (χ0n) is 10.5. The van der Waals surface area contributed by atoms with Crippen molar-refractivity contribution in [1.29, 1.82) is 0 Å². The lowest BCUT2D eigenvalue weighted by Crippen LogP contribution is -2.68. The number of nitrogens with zero attached hydrogens (tertiary/aromatic N) is 2. The Balaban J connectivity index is 1.70. The van der Waals surface area contributed by atoms with Gasteiger partial charge in [-0.2, -0.15) is 0 Å². The highest BCUT2D eigenvalue weighted by atomic mass is 19.4. The molecule has 0 aromatic heterocycles. The van der Waals surface area contributed by atoms with Crippen molar-refractivity contribution in [1.82, 2.24) is 4.90 Å². The Hall–Kier alpha value is -1.43. The molecule has 2 unspecified atom stereocenters. The zero-order chi connectivity index (χ0) is 13.6. The van der Waals surface area contributed by atoms with Crippen LogP contribution in [0.3, 0.4) is 0 Å². The van der Waals surface area contributed by atoms with Crippen LogP contribution in [-0.2, 0) is 0 Å². The second-order valence-corrected chi connectivity index (χ2v) is 5.21. The second kappa shape index (κ2) is 4.30. The van der Waals surface area contributed by atoms with Gasteiger partial charge in [-0.25, -0.2) is 0 Å². The van der Waals surface area contributed by atoms with Gasteiger partial charge in [-0.3, -0.25) is 0 Å². The first-order valence-electron chi connectivity index (χ1n) is 6.25. The molecule has 3 saturated heterocycles. The van der Waals surface area contributed by atoms with Crippen molar-refractivity contribution < 1.29 is 17.9 Å². The molecule has 2 atom stereocenters. The largest absolute Gasteiger partial charge is 0.573 e. The molecule has 1 aromatic carbocycles. The first-order chi connectivity index (χ1) is 8.92. The van der Waals surface area contributed by atoms with Crippen molar-refractivity contribution in [2.24, 2.45) is 0 Å². The Kier molecular flexibility index (Phi) is 2.85. The number of anilines is 1. The van der Waals surface area contributed by atoms with Crippen LogP contribution in [0.2, 0.25) is 0 Å². The van der Waals surface area contributed by atoms with E-state index < -0.39 is 6.36 Å². The van der Waals surface area contributed by atoms with Gasteiger partial charge in [0.15, 0.2) is 0 Å². The zero-order valence-corrected chi connectivity index (χ0v) is 10.5. The van der Waals surface area contributed by atoms with E-state index in [1.54, 1.807) is 12.1 Å². The molecule has 3 aliphatic rings. The molecule has 3 fully saturated rings. The van der Waals surface area contributed by atoms with Crippen LogP contribution in [0.5, 0.6) is 5.75 Å². The van der Waals surface area contributed by atoms with Crippen LogP contribution < -0.4 is 9.64 Å². The van der Waals surface area contributed by atoms with Gasteiger partial charge in [0.05, 0.1) is 0 Å². The number of ether oxygens (including phenoxy) is 1. The number of piperazine rings is 1. The first-order valence-corrected chi connectivity index (χ1v) is 6.25. The third kappa shape index (κ3) is 2.49. The number of fused-ring (bicyclic) bond motifs is 2. The molecule has 3 aliphatic heterocycles. The van der Waals surface area contributed by atoms with Crippen molar-refractivity contribution >= 4 is 5.69 Å². The fourth-order valence-corrected chi connectivity index (χ4v) is 3.06. The maximum Gasteiger partial charge on any atom is 0.573 e. The molecule has 19 heavy (non-hydrogen) atoms. The van der Waals surface area contributed by atoms with Crippen LogP contribution in [0.25, 0.3) is 0 Å². The van der Waals surface area contributed by atoms with Gasteiger partial charge in [0, 0.05) is 30.9 Å². The van der Waals surface area contributed by atoms with Crippen LogP contribution in [0.15, 0.2) is 24.3 Å². The molecule has 0 spiro atoms. The number of alkyl halides is 3. The molecule has 6 heteroatoms. The summed E-state index contributed by atoms with van der Waals surface area (Å²) in [4.78, 5) is 4.58. The lowest BCUT2D eigenvalue weighted by molar-refractivity contribution is -0.274. The fourth-order valence-electron chi connectivity index (χ4n) is 3.06. The van der Waals surface area contributed by atoms with E-state index in [9.17, 15) is 13.2 Å². The SMILES string of the molecule is CN1CC2CC(C1)N2c1ccc(OC(F)(F)F)cc1. The smallest absolute Gasteiger partial charge is 0.406 e. The van der Waals surface area contributed by atoms with Crippen molar-refractivity contribution in [2.75, 3.05) is 25.0 Å². The summed E-state index contributed by atoms with van der Waals surface area (Å²) in [7, 11) is 2.09. The molecule has 104 valence electrons. The van der Waals surface area contributed by atoms with E-state index in [1.165, 1.54) is 18.6 Å². The van der Waals surface area contributed by atoms with E-state index in [2.05, 4.69) is 21.6 Å². The lowest BCUT2D eigenvalue weighted by Gasteiger charge is -2.57. The first kappa shape index (κ1) is 12.6. The Morgan fingerprint density at radius 2 is 1.68 bits per heavy atom. The molecule has 0 saturated carbocycles. The minimum absolute atomic E-state index is 0.168. The van der Waals surface area contributed by atoms with E-state index in [1.807, 2.05) is 0 Å². The molecule has 1 aromatic rings. The lowest BCUT2D eigenvalue weighted by atomic mass is 9.87. The van der Waals surface area contributed by atoms with Crippen LogP contribution in [0.4, 0.5) is 18.9 Å². The second-order valence-electron chi connectivity index (χ2n) is 5.21. The minimum Gasteiger partial charge on any atom is -0.406 e. The Bertz CT molecular complexity index is 448. The fraction of sp³-hybridized carbons (Fsp3) is 0.538. The summed E-state index contributed by atoms with van der Waals surface area (Å²) in [5.74, 6) is -0.168. The molecule has 0 aliphatic carbocycles. The Labute approximate surface area is 109 Å². The normalized spacial score (nSPS) is 27.1. The topological polar surface area (TPSA) is 15.7 Å². The van der Waals surface area contributed by atoms with Gasteiger partial charge < -0.3 is 14.5 Å². The molecule has 0 N–H and O–H groups in total. The predicted molar refractivity (Wildman–Crippen MR) is 65.3 cm³/mol. The predicted octanol–water partition coefficient (Wildman–Crippen LogP) is 2.48. The highest BCUT2D eigenvalue weighted by Gasteiger charge is 2.43.